The molecule has 0 saturated carbocycles. The Morgan fingerprint density at radius 1 is 1.10 bits per heavy atom. The summed E-state index contributed by atoms with van der Waals surface area (Å²) in [5.74, 6) is 0.712. The molecular formula is C21H19FN6OS. The van der Waals surface area contributed by atoms with Crippen molar-refractivity contribution in [3.63, 3.8) is 0 Å². The van der Waals surface area contributed by atoms with Crippen LogP contribution < -0.4 is 5.32 Å². The van der Waals surface area contributed by atoms with Gasteiger partial charge in [-0.05, 0) is 48.6 Å². The lowest BCUT2D eigenvalue weighted by molar-refractivity contribution is 0.0713. The van der Waals surface area contributed by atoms with Crippen molar-refractivity contribution in [1.82, 2.24) is 24.7 Å². The third-order valence-corrected chi connectivity index (χ3v) is 5.96. The molecule has 5 rings (SSSR count). The van der Waals surface area contributed by atoms with E-state index in [2.05, 4.69) is 20.6 Å². The van der Waals surface area contributed by atoms with Gasteiger partial charge in [-0.2, -0.15) is 15.9 Å². The van der Waals surface area contributed by atoms with Crippen LogP contribution in [0, 0.1) is 5.82 Å². The van der Waals surface area contributed by atoms with Gasteiger partial charge >= 0.3 is 0 Å². The van der Waals surface area contributed by atoms with Crippen LogP contribution in [0.15, 0.2) is 53.2 Å². The average Bonchev–Trinajstić information content (AvgIpc) is 3.43. The number of carbonyl (C=O) groups excluding carboxylic acids is 1. The molecule has 1 amide bonds. The second kappa shape index (κ2) is 7.83. The van der Waals surface area contributed by atoms with Crippen LogP contribution in [0.2, 0.25) is 0 Å². The van der Waals surface area contributed by atoms with Crippen molar-refractivity contribution < 1.29 is 9.18 Å². The lowest BCUT2D eigenvalue weighted by atomic mass is 10.0. The maximum Gasteiger partial charge on any atom is 0.256 e. The molecule has 0 aliphatic carbocycles. The molecule has 4 aromatic rings. The lowest BCUT2D eigenvalue weighted by Crippen LogP contribution is -2.42. The molecule has 1 aromatic carbocycles. The van der Waals surface area contributed by atoms with Crippen molar-refractivity contribution in [3.05, 3.63) is 64.6 Å². The number of carbonyl (C=O) groups is 1. The molecule has 1 saturated heterocycles. The number of aromatic nitrogens is 4. The summed E-state index contributed by atoms with van der Waals surface area (Å²) in [6.07, 6.45) is 1.53. The first-order valence-corrected chi connectivity index (χ1v) is 10.7. The fourth-order valence-corrected chi connectivity index (χ4v) is 4.31. The number of hydrogen-bond acceptors (Lipinski definition) is 6. The van der Waals surface area contributed by atoms with Gasteiger partial charge in [-0.1, -0.05) is 12.1 Å². The number of anilines is 1. The van der Waals surface area contributed by atoms with E-state index in [1.165, 1.54) is 12.1 Å². The van der Waals surface area contributed by atoms with Crippen LogP contribution in [0.1, 0.15) is 23.2 Å². The first-order valence-electron chi connectivity index (χ1n) is 9.74. The van der Waals surface area contributed by atoms with Gasteiger partial charge in [0.2, 0.25) is 0 Å². The van der Waals surface area contributed by atoms with Crippen molar-refractivity contribution in [3.8, 4) is 11.4 Å². The topological polar surface area (TPSA) is 75.4 Å². The van der Waals surface area contributed by atoms with E-state index in [-0.39, 0.29) is 17.5 Å². The predicted molar refractivity (Wildman–Crippen MR) is 113 cm³/mol. The summed E-state index contributed by atoms with van der Waals surface area (Å²) in [4.78, 5) is 14.3. The number of fused-ring (bicyclic) bond motifs is 1. The van der Waals surface area contributed by atoms with E-state index >= 15 is 0 Å². The zero-order valence-corrected chi connectivity index (χ0v) is 16.8. The molecule has 1 N–H and O–H groups in total. The van der Waals surface area contributed by atoms with E-state index in [4.69, 9.17) is 0 Å². The van der Waals surface area contributed by atoms with Crippen LogP contribution in [0.4, 0.5) is 10.2 Å². The highest BCUT2D eigenvalue weighted by molar-refractivity contribution is 7.08. The quantitative estimate of drug-likeness (QED) is 0.543. The zero-order chi connectivity index (χ0) is 20.5. The fraction of sp³-hybridized carbons (Fsp3) is 0.238. The molecule has 1 aliphatic rings. The van der Waals surface area contributed by atoms with Crippen LogP contribution >= 0.6 is 11.3 Å². The molecule has 0 bridgehead atoms. The van der Waals surface area contributed by atoms with Crippen molar-refractivity contribution in [2.45, 2.75) is 18.9 Å². The number of nitrogens with one attached hydrogen (secondary N) is 1. The summed E-state index contributed by atoms with van der Waals surface area (Å²) in [5, 5.41) is 20.5. The number of likely N-dealkylation sites (tertiary alicyclic amines) is 1. The van der Waals surface area contributed by atoms with E-state index in [1.807, 2.05) is 29.0 Å². The lowest BCUT2D eigenvalue weighted by Gasteiger charge is -2.32. The standard InChI is InChI=1S/C21H19FN6OS/c22-17-4-2-1-3-16(17)21(29)27-10-7-15(8-11-27)23-18-5-6-19-24-25-20(28(19)26-18)14-9-12-30-13-14/h1-6,9,12-13,15H,7-8,10-11H2,(H,23,26). The Kier molecular flexibility index (Phi) is 4.88. The Morgan fingerprint density at radius 3 is 2.70 bits per heavy atom. The number of hydrogen-bond donors (Lipinski definition) is 1. The maximum atomic E-state index is 13.9. The van der Waals surface area contributed by atoms with E-state index in [0.717, 1.165) is 24.2 Å². The monoisotopic (exact) mass is 422 g/mol. The second-order valence-corrected chi connectivity index (χ2v) is 7.99. The number of amides is 1. The molecule has 0 spiro atoms. The van der Waals surface area contributed by atoms with Gasteiger partial charge in [0.15, 0.2) is 11.5 Å². The summed E-state index contributed by atoms with van der Waals surface area (Å²) >= 11 is 1.60. The van der Waals surface area contributed by atoms with Gasteiger partial charge in [0.05, 0.1) is 5.56 Å². The number of halogens is 1. The van der Waals surface area contributed by atoms with Gasteiger partial charge in [0, 0.05) is 30.1 Å². The predicted octanol–water partition coefficient (Wildman–Crippen LogP) is 3.71. The van der Waals surface area contributed by atoms with Crippen molar-refractivity contribution in [2.24, 2.45) is 0 Å². The van der Waals surface area contributed by atoms with Gasteiger partial charge in [0.25, 0.3) is 5.91 Å². The minimum atomic E-state index is -0.476. The molecule has 30 heavy (non-hydrogen) atoms. The van der Waals surface area contributed by atoms with Gasteiger partial charge in [-0.3, -0.25) is 4.79 Å². The third-order valence-electron chi connectivity index (χ3n) is 5.28. The number of piperidine rings is 1. The van der Waals surface area contributed by atoms with Crippen molar-refractivity contribution >= 4 is 28.7 Å². The Hall–Kier alpha value is -3.33. The number of nitrogens with zero attached hydrogens (tertiary/aromatic N) is 5. The van der Waals surface area contributed by atoms with Gasteiger partial charge in [-0.25, -0.2) is 4.39 Å². The highest BCUT2D eigenvalue weighted by Gasteiger charge is 2.25. The van der Waals surface area contributed by atoms with Crippen LogP contribution in [-0.4, -0.2) is 49.7 Å². The van der Waals surface area contributed by atoms with Gasteiger partial charge in [0.1, 0.15) is 11.6 Å². The number of rotatable bonds is 4. The Balaban J connectivity index is 1.26. The van der Waals surface area contributed by atoms with Crippen molar-refractivity contribution in [2.75, 3.05) is 18.4 Å². The van der Waals surface area contributed by atoms with E-state index in [9.17, 15) is 9.18 Å². The largest absolute Gasteiger partial charge is 0.366 e. The normalized spacial score (nSPS) is 14.9. The summed E-state index contributed by atoms with van der Waals surface area (Å²) in [6.45, 7) is 1.14. The summed E-state index contributed by atoms with van der Waals surface area (Å²) in [7, 11) is 0. The van der Waals surface area contributed by atoms with Crippen LogP contribution in [0.25, 0.3) is 17.0 Å². The molecule has 4 heterocycles. The molecule has 3 aromatic heterocycles. The number of benzene rings is 1. The zero-order valence-electron chi connectivity index (χ0n) is 16.0. The maximum absolute atomic E-state index is 13.9. The minimum absolute atomic E-state index is 0.129. The van der Waals surface area contributed by atoms with Crippen LogP contribution in [-0.2, 0) is 0 Å². The highest BCUT2D eigenvalue weighted by atomic mass is 32.1. The first kappa shape index (κ1) is 18.7. The molecular weight excluding hydrogens is 403 g/mol. The summed E-state index contributed by atoms with van der Waals surface area (Å²) in [6, 6.07) is 12.1. The highest BCUT2D eigenvalue weighted by Crippen LogP contribution is 2.22. The van der Waals surface area contributed by atoms with E-state index in [1.54, 1.807) is 32.9 Å². The SMILES string of the molecule is O=C(c1ccccc1F)N1CCC(Nc2ccc3nnc(-c4ccsc4)n3n2)CC1. The van der Waals surface area contributed by atoms with Crippen molar-refractivity contribution in [1.29, 1.82) is 0 Å². The van der Waals surface area contributed by atoms with Gasteiger partial charge in [-0.15, -0.1) is 15.3 Å². The third kappa shape index (κ3) is 3.52. The molecule has 0 radical (unpaired) electrons. The van der Waals surface area contributed by atoms with Crippen LogP contribution in [0.5, 0.6) is 0 Å². The smallest absolute Gasteiger partial charge is 0.256 e. The second-order valence-electron chi connectivity index (χ2n) is 7.21. The first-order chi connectivity index (χ1) is 14.7. The molecule has 7 nitrogen and oxygen atoms in total. The Bertz CT molecular complexity index is 1180. The average molecular weight is 422 g/mol. The molecule has 1 fully saturated rings. The Morgan fingerprint density at radius 2 is 1.93 bits per heavy atom. The fourth-order valence-electron chi connectivity index (χ4n) is 3.68. The molecule has 152 valence electrons. The van der Waals surface area contributed by atoms with Crippen LogP contribution in [0.3, 0.4) is 0 Å². The summed E-state index contributed by atoms with van der Waals surface area (Å²) in [5.41, 5.74) is 1.80. The Labute approximate surface area is 176 Å². The molecule has 1 aliphatic heterocycles. The number of thiophene rings is 1. The van der Waals surface area contributed by atoms with Gasteiger partial charge < -0.3 is 10.2 Å². The molecule has 0 atom stereocenters. The molecule has 9 heteroatoms. The van der Waals surface area contributed by atoms with E-state index in [0.29, 0.717) is 24.6 Å². The van der Waals surface area contributed by atoms with E-state index < -0.39 is 5.82 Å². The minimum Gasteiger partial charge on any atom is -0.366 e. The summed E-state index contributed by atoms with van der Waals surface area (Å²) < 4.78 is 15.7. The molecule has 0 unspecified atom stereocenters.